The topological polar surface area (TPSA) is 81.5 Å². The molecule has 0 saturated carbocycles. The van der Waals surface area contributed by atoms with Crippen LogP contribution < -0.4 is 10.1 Å². The molecule has 0 unspecified atom stereocenters. The Morgan fingerprint density at radius 3 is 2.34 bits per heavy atom. The molecule has 1 N–H and O–H groups in total. The van der Waals surface area contributed by atoms with Gasteiger partial charge in [0, 0.05) is 27.3 Å². The number of ether oxygens (including phenoxy) is 1. The third-order valence-corrected chi connectivity index (χ3v) is 7.84. The minimum absolute atomic E-state index is 0.179. The Hall–Kier alpha value is -1.000. The van der Waals surface area contributed by atoms with Gasteiger partial charge in [-0.15, -0.1) is 0 Å². The maximum Gasteiger partial charge on any atom is 0.275 e. The van der Waals surface area contributed by atoms with E-state index in [9.17, 15) is 14.9 Å². The molecular formula is C19H10BrI3N2O4. The van der Waals surface area contributed by atoms with Crippen molar-refractivity contribution in [1.82, 2.24) is 0 Å². The third-order valence-electron chi connectivity index (χ3n) is 3.65. The standard InChI is InChI=1S/C19H10BrI3N2O4/c20-10-1-3-14(4-2-10)29-15-8-12(7-13(9-15)25(27)28)24-19(26)16-5-11(21)6-17(22)18(16)23/h1-9H,(H,24,26). The predicted molar refractivity (Wildman–Crippen MR) is 140 cm³/mol. The van der Waals surface area contributed by atoms with E-state index >= 15 is 0 Å². The molecule has 0 aliphatic rings. The summed E-state index contributed by atoms with van der Waals surface area (Å²) in [6.07, 6.45) is 0. The lowest BCUT2D eigenvalue weighted by Gasteiger charge is -2.11. The van der Waals surface area contributed by atoms with E-state index in [1.807, 2.05) is 6.07 Å². The van der Waals surface area contributed by atoms with Crippen molar-refractivity contribution in [2.75, 3.05) is 5.32 Å². The van der Waals surface area contributed by atoms with Crippen molar-refractivity contribution in [2.45, 2.75) is 0 Å². The van der Waals surface area contributed by atoms with Gasteiger partial charge in [-0.05, 0) is 104 Å². The second-order valence-corrected chi connectivity index (χ2v) is 10.1. The predicted octanol–water partition coefficient (Wildman–Crippen LogP) is 7.22. The Labute approximate surface area is 215 Å². The number of nitrogens with zero attached hydrogens (tertiary/aromatic N) is 1. The molecule has 0 aliphatic heterocycles. The molecule has 0 aliphatic carbocycles. The molecule has 3 aromatic carbocycles. The highest BCUT2D eigenvalue weighted by Crippen LogP contribution is 2.31. The number of rotatable bonds is 5. The molecule has 148 valence electrons. The maximum atomic E-state index is 12.8. The highest BCUT2D eigenvalue weighted by Gasteiger charge is 2.17. The number of benzene rings is 3. The Morgan fingerprint density at radius 1 is 1.00 bits per heavy atom. The van der Waals surface area contributed by atoms with Crippen molar-refractivity contribution in [3.63, 3.8) is 0 Å². The first-order valence-electron chi connectivity index (χ1n) is 7.92. The largest absolute Gasteiger partial charge is 0.457 e. The van der Waals surface area contributed by atoms with Crippen LogP contribution in [0.1, 0.15) is 10.4 Å². The summed E-state index contributed by atoms with van der Waals surface area (Å²) in [4.78, 5) is 23.6. The summed E-state index contributed by atoms with van der Waals surface area (Å²) in [7, 11) is 0. The first kappa shape index (κ1) is 22.7. The molecule has 3 aromatic rings. The van der Waals surface area contributed by atoms with Crippen LogP contribution in [0.3, 0.4) is 0 Å². The maximum absolute atomic E-state index is 12.8. The Bertz CT molecular complexity index is 1110. The molecule has 29 heavy (non-hydrogen) atoms. The zero-order valence-electron chi connectivity index (χ0n) is 14.3. The van der Waals surface area contributed by atoms with Crippen molar-refractivity contribution >= 4 is 101 Å². The van der Waals surface area contributed by atoms with Gasteiger partial charge >= 0.3 is 0 Å². The summed E-state index contributed by atoms with van der Waals surface area (Å²) >= 11 is 9.77. The van der Waals surface area contributed by atoms with E-state index in [-0.39, 0.29) is 23.0 Å². The van der Waals surface area contributed by atoms with Crippen LogP contribution in [0, 0.1) is 20.8 Å². The minimum Gasteiger partial charge on any atom is -0.457 e. The number of carbonyl (C=O) groups is 1. The van der Waals surface area contributed by atoms with Gasteiger partial charge in [-0.3, -0.25) is 14.9 Å². The van der Waals surface area contributed by atoms with Crippen LogP contribution in [0.25, 0.3) is 0 Å². The molecule has 6 nitrogen and oxygen atoms in total. The van der Waals surface area contributed by atoms with Crippen LogP contribution in [0.2, 0.25) is 0 Å². The minimum atomic E-state index is -0.526. The molecule has 0 radical (unpaired) electrons. The van der Waals surface area contributed by atoms with Crippen molar-refractivity contribution in [3.05, 3.63) is 85.5 Å². The summed E-state index contributed by atoms with van der Waals surface area (Å²) in [5, 5.41) is 14.1. The zero-order valence-corrected chi connectivity index (χ0v) is 22.3. The van der Waals surface area contributed by atoms with E-state index < -0.39 is 4.92 Å². The molecule has 3 rings (SSSR count). The lowest BCUT2D eigenvalue weighted by molar-refractivity contribution is -0.384. The summed E-state index contributed by atoms with van der Waals surface area (Å²) in [6, 6.07) is 15.0. The van der Waals surface area contributed by atoms with Crippen LogP contribution in [0.5, 0.6) is 11.5 Å². The van der Waals surface area contributed by atoms with E-state index in [1.54, 1.807) is 36.4 Å². The Balaban J connectivity index is 1.92. The van der Waals surface area contributed by atoms with Gasteiger partial charge in [0.05, 0.1) is 22.2 Å². The number of non-ortho nitro benzene ring substituents is 1. The number of nitrogens with one attached hydrogen (secondary N) is 1. The molecular weight excluding hydrogens is 781 g/mol. The van der Waals surface area contributed by atoms with Crippen molar-refractivity contribution in [1.29, 1.82) is 0 Å². The van der Waals surface area contributed by atoms with E-state index in [2.05, 4.69) is 89.0 Å². The summed E-state index contributed by atoms with van der Waals surface area (Å²) in [6.45, 7) is 0. The van der Waals surface area contributed by atoms with Gasteiger partial charge in [-0.2, -0.15) is 0 Å². The Morgan fingerprint density at radius 2 is 1.69 bits per heavy atom. The zero-order chi connectivity index (χ0) is 21.1. The van der Waals surface area contributed by atoms with Crippen LogP contribution >= 0.6 is 83.7 Å². The highest BCUT2D eigenvalue weighted by molar-refractivity contribution is 14.1. The molecule has 0 bridgehead atoms. The average Bonchev–Trinajstić information content (AvgIpc) is 2.66. The highest BCUT2D eigenvalue weighted by atomic mass is 127. The Kier molecular flexibility index (Phi) is 7.72. The fraction of sp³-hybridized carbons (Fsp3) is 0. The first-order valence-corrected chi connectivity index (χ1v) is 11.9. The first-order chi connectivity index (χ1) is 13.7. The molecule has 1 amide bonds. The number of nitro benzene ring substituents is 1. The smallest absolute Gasteiger partial charge is 0.275 e. The monoisotopic (exact) mass is 790 g/mol. The number of hydrogen-bond donors (Lipinski definition) is 1. The summed E-state index contributed by atoms with van der Waals surface area (Å²) < 4.78 is 9.32. The van der Waals surface area contributed by atoms with Crippen molar-refractivity contribution in [2.24, 2.45) is 0 Å². The number of amides is 1. The number of hydrogen-bond acceptors (Lipinski definition) is 4. The number of anilines is 1. The molecule has 0 aromatic heterocycles. The molecule has 0 saturated heterocycles. The second-order valence-electron chi connectivity index (χ2n) is 5.73. The molecule has 0 atom stereocenters. The SMILES string of the molecule is O=C(Nc1cc(Oc2ccc(Br)cc2)cc([N+](=O)[O-])c1)c1cc(I)cc(I)c1I. The normalized spacial score (nSPS) is 10.5. The molecule has 0 spiro atoms. The van der Waals surface area contributed by atoms with Crippen molar-refractivity contribution in [3.8, 4) is 11.5 Å². The molecule has 0 fully saturated rings. The second kappa shape index (κ2) is 9.87. The summed E-state index contributed by atoms with van der Waals surface area (Å²) in [5.74, 6) is 0.428. The van der Waals surface area contributed by atoms with Gasteiger partial charge in [0.2, 0.25) is 0 Å². The van der Waals surface area contributed by atoms with Crippen LogP contribution in [-0.4, -0.2) is 10.8 Å². The fourth-order valence-electron chi connectivity index (χ4n) is 2.38. The van der Waals surface area contributed by atoms with E-state index in [0.717, 1.165) is 15.2 Å². The number of nitro groups is 1. The summed E-state index contributed by atoms with van der Waals surface area (Å²) in [5.41, 5.74) is 0.603. The van der Waals surface area contributed by atoms with Gasteiger partial charge in [-0.25, -0.2) is 0 Å². The van der Waals surface area contributed by atoms with Crippen LogP contribution in [-0.2, 0) is 0 Å². The van der Waals surface area contributed by atoms with Crippen LogP contribution in [0.4, 0.5) is 11.4 Å². The fourth-order valence-corrected chi connectivity index (χ4v) is 5.04. The van der Waals surface area contributed by atoms with Gasteiger partial charge in [-0.1, -0.05) is 15.9 Å². The third kappa shape index (κ3) is 6.01. The van der Waals surface area contributed by atoms with Gasteiger partial charge in [0.15, 0.2) is 0 Å². The van der Waals surface area contributed by atoms with Gasteiger partial charge in [0.25, 0.3) is 11.6 Å². The molecule has 10 heteroatoms. The van der Waals surface area contributed by atoms with E-state index in [4.69, 9.17) is 4.74 Å². The van der Waals surface area contributed by atoms with Gasteiger partial charge in [0.1, 0.15) is 11.5 Å². The number of carbonyl (C=O) groups excluding carboxylic acids is 1. The lowest BCUT2D eigenvalue weighted by atomic mass is 10.2. The average molecular weight is 791 g/mol. The number of halogens is 4. The van der Waals surface area contributed by atoms with E-state index in [0.29, 0.717) is 11.3 Å². The quantitative estimate of drug-likeness (QED) is 0.128. The molecule has 0 heterocycles. The van der Waals surface area contributed by atoms with Crippen LogP contribution in [0.15, 0.2) is 59.1 Å². The van der Waals surface area contributed by atoms with Crippen molar-refractivity contribution < 1.29 is 14.5 Å². The van der Waals surface area contributed by atoms with Gasteiger partial charge < -0.3 is 10.1 Å². The van der Waals surface area contributed by atoms with E-state index in [1.165, 1.54) is 12.1 Å². The lowest BCUT2D eigenvalue weighted by Crippen LogP contribution is -2.14.